The Bertz CT molecular complexity index is 1230. The van der Waals surface area contributed by atoms with Crippen LogP contribution in [0.25, 0.3) is 10.3 Å². The van der Waals surface area contributed by atoms with Gasteiger partial charge in [-0.3, -0.25) is 8.37 Å². The van der Waals surface area contributed by atoms with Crippen molar-refractivity contribution in [1.29, 1.82) is 0 Å². The van der Waals surface area contributed by atoms with Gasteiger partial charge in [0.2, 0.25) is 11.6 Å². The Hall–Kier alpha value is 0.106. The van der Waals surface area contributed by atoms with Crippen LogP contribution in [0.15, 0.2) is 0 Å². The Kier molecular flexibility index (Phi) is 10.2. The predicted octanol–water partition coefficient (Wildman–Crippen LogP) is 1.02. The monoisotopic (exact) mass is 700 g/mol. The fourth-order valence-electron chi connectivity index (χ4n) is 6.21. The van der Waals surface area contributed by atoms with E-state index in [1.165, 1.54) is 0 Å². The second kappa shape index (κ2) is 12.2. The Morgan fingerprint density at radius 3 is 1.22 bits per heavy atom. The summed E-state index contributed by atoms with van der Waals surface area (Å²) >= 11 is 0. The molecule has 6 aliphatic heterocycles. The maximum atomic E-state index is 11.0. The molecule has 6 aliphatic rings. The van der Waals surface area contributed by atoms with Gasteiger partial charge in [0.1, 0.15) is 49.8 Å². The van der Waals surface area contributed by atoms with Gasteiger partial charge in [0.15, 0.2) is 43.8 Å². The van der Waals surface area contributed by atoms with Crippen LogP contribution in [0, 0.1) is 0 Å². The molecule has 18 nitrogen and oxygen atoms in total. The van der Waals surface area contributed by atoms with E-state index in [4.69, 9.17) is 57.6 Å². The van der Waals surface area contributed by atoms with Gasteiger partial charge in [-0.05, 0) is 55.4 Å². The number of ether oxygens (including phenoxy) is 10. The van der Waals surface area contributed by atoms with Crippen molar-refractivity contribution in [3.8, 4) is 0 Å². The molecular formula is C24H40MgN2O16S2. The van der Waals surface area contributed by atoms with Crippen molar-refractivity contribution in [3.05, 3.63) is 10.3 Å². The predicted molar refractivity (Wildman–Crippen MR) is 149 cm³/mol. The first-order valence-electron chi connectivity index (χ1n) is 13.9. The molecule has 256 valence electrons. The third-order valence-electron chi connectivity index (χ3n) is 7.38. The molecule has 0 aromatic carbocycles. The van der Waals surface area contributed by atoms with Gasteiger partial charge in [-0.25, -0.2) is 16.8 Å². The van der Waals surface area contributed by atoms with Crippen molar-refractivity contribution in [2.24, 2.45) is 0 Å². The SMILES string of the molecule is CC1(C)O[C@@H]2[C@@H](CO[C@@]3(COS([NH-])(=O)=O)OC(C)(C)O[C@@H]23)O1.CC1(C)O[C@H]2[C@H](CO[C@]3(COS([NH-])(=O)=O)OC(C)(C)O[C@H]23)O1.[Mg+2]. The van der Waals surface area contributed by atoms with Gasteiger partial charge in [-0.2, -0.15) is 0 Å². The maximum Gasteiger partial charge on any atom is 2.00 e. The van der Waals surface area contributed by atoms with E-state index in [0.717, 1.165) is 0 Å². The number of hydrogen-bond donors (Lipinski definition) is 0. The van der Waals surface area contributed by atoms with Crippen LogP contribution < -0.4 is 0 Å². The molecule has 0 radical (unpaired) electrons. The number of hydrogen-bond acceptors (Lipinski definition) is 16. The Morgan fingerprint density at radius 2 is 0.911 bits per heavy atom. The van der Waals surface area contributed by atoms with E-state index < -0.39 is 93.0 Å². The first kappa shape index (κ1) is 37.9. The third kappa shape index (κ3) is 8.47. The van der Waals surface area contributed by atoms with Crippen LogP contribution in [0.2, 0.25) is 0 Å². The molecule has 0 unspecified atom stereocenters. The molecule has 45 heavy (non-hydrogen) atoms. The van der Waals surface area contributed by atoms with E-state index in [9.17, 15) is 16.8 Å². The molecule has 6 heterocycles. The molecule has 6 fully saturated rings. The van der Waals surface area contributed by atoms with Crippen molar-refractivity contribution >= 4 is 43.7 Å². The second-order valence-corrected chi connectivity index (χ2v) is 15.3. The van der Waals surface area contributed by atoms with Crippen LogP contribution in [0.5, 0.6) is 0 Å². The zero-order valence-electron chi connectivity index (χ0n) is 26.3. The van der Waals surface area contributed by atoms with Crippen LogP contribution in [-0.2, 0) is 76.3 Å². The minimum atomic E-state index is -4.39. The summed E-state index contributed by atoms with van der Waals surface area (Å²) in [5.74, 6) is -6.53. The first-order chi connectivity index (χ1) is 19.8. The third-order valence-corrected chi connectivity index (χ3v) is 8.24. The minimum absolute atomic E-state index is 0. The average molecular weight is 701 g/mol. The summed E-state index contributed by atoms with van der Waals surface area (Å²) in [5.41, 5.74) is 0. The van der Waals surface area contributed by atoms with E-state index >= 15 is 0 Å². The average Bonchev–Trinajstić information content (AvgIpc) is 3.50. The van der Waals surface area contributed by atoms with Crippen molar-refractivity contribution in [2.75, 3.05) is 26.4 Å². The summed E-state index contributed by atoms with van der Waals surface area (Å²) < 4.78 is 111. The van der Waals surface area contributed by atoms with E-state index in [1.54, 1.807) is 55.4 Å². The zero-order chi connectivity index (χ0) is 32.8. The van der Waals surface area contributed by atoms with Gasteiger partial charge >= 0.3 is 23.1 Å². The molecular weight excluding hydrogens is 661 g/mol. The molecule has 0 aromatic heterocycles. The molecule has 21 heteroatoms. The van der Waals surface area contributed by atoms with Gasteiger partial charge in [-0.1, -0.05) is 0 Å². The largest absolute Gasteiger partial charge is 2.00 e. The summed E-state index contributed by atoms with van der Waals surface area (Å²) in [7, 11) is -8.77. The molecule has 8 atom stereocenters. The fourth-order valence-corrected chi connectivity index (χ4v) is 6.85. The quantitative estimate of drug-likeness (QED) is 0.352. The summed E-state index contributed by atoms with van der Waals surface area (Å²) in [6.45, 7) is 13.2. The van der Waals surface area contributed by atoms with Crippen molar-refractivity contribution < 1.29 is 72.6 Å². The fraction of sp³-hybridized carbons (Fsp3) is 1.00. The molecule has 0 spiro atoms. The number of nitrogens with one attached hydrogen (secondary N) is 2. The normalized spacial score (nSPS) is 41.9. The van der Waals surface area contributed by atoms with Gasteiger partial charge < -0.3 is 57.6 Å². The molecule has 6 rings (SSSR count). The summed E-state index contributed by atoms with van der Waals surface area (Å²) in [6, 6.07) is 0. The summed E-state index contributed by atoms with van der Waals surface area (Å²) in [6.07, 6.45) is -3.13. The molecule has 6 saturated heterocycles. The van der Waals surface area contributed by atoms with Crippen molar-refractivity contribution in [2.45, 2.75) is 127 Å². The van der Waals surface area contributed by atoms with Gasteiger partial charge in [0.05, 0.1) is 13.2 Å². The van der Waals surface area contributed by atoms with Crippen LogP contribution in [0.3, 0.4) is 0 Å². The van der Waals surface area contributed by atoms with Crippen LogP contribution in [0.4, 0.5) is 0 Å². The molecule has 0 amide bonds. The zero-order valence-corrected chi connectivity index (χ0v) is 29.4. The number of fused-ring (bicyclic) bond motifs is 6. The smallest absolute Gasteiger partial charge is 0.540 e. The van der Waals surface area contributed by atoms with Crippen molar-refractivity contribution in [1.82, 2.24) is 0 Å². The molecule has 0 aliphatic carbocycles. The molecule has 2 N–H and O–H groups in total. The number of rotatable bonds is 6. The maximum absolute atomic E-state index is 11.0. The molecule has 0 saturated carbocycles. The van der Waals surface area contributed by atoms with Crippen LogP contribution in [-0.4, -0.2) is 138 Å². The van der Waals surface area contributed by atoms with Gasteiger partial charge in [-0.15, -0.1) is 0 Å². The standard InChI is InChI=1S/2C12H20NO8S.Mg/c2*1-10(2)18-7-5-16-12(6-17-22(13,14)15)9(8(7)19-10)20-11(3,4)21-12;/h2*7-9H,5-6H2,1-4H3,(H-,13,14,15);/q2*-1;+2/t2*7-,8-,9+,12+;/m10./s1. The van der Waals surface area contributed by atoms with E-state index in [0.29, 0.717) is 0 Å². The Balaban J connectivity index is 0.000000200. The summed E-state index contributed by atoms with van der Waals surface area (Å²) in [5, 5.41) is 13.7. The van der Waals surface area contributed by atoms with Crippen molar-refractivity contribution in [3.63, 3.8) is 0 Å². The summed E-state index contributed by atoms with van der Waals surface area (Å²) in [4.78, 5) is 0. The Morgan fingerprint density at radius 1 is 0.578 bits per heavy atom. The minimum Gasteiger partial charge on any atom is -0.540 e. The first-order valence-corrected chi connectivity index (χ1v) is 16.7. The van der Waals surface area contributed by atoms with E-state index in [2.05, 4.69) is 8.37 Å². The van der Waals surface area contributed by atoms with E-state index in [1.807, 2.05) is 0 Å². The van der Waals surface area contributed by atoms with E-state index in [-0.39, 0.29) is 48.5 Å². The van der Waals surface area contributed by atoms with Crippen LogP contribution >= 0.6 is 0 Å². The topological polar surface area (TPSA) is 227 Å². The molecule has 0 bridgehead atoms. The van der Waals surface area contributed by atoms with Crippen LogP contribution in [0.1, 0.15) is 55.4 Å². The van der Waals surface area contributed by atoms with Gasteiger partial charge in [0.25, 0.3) is 0 Å². The van der Waals surface area contributed by atoms with Gasteiger partial charge in [0, 0.05) is 0 Å². The second-order valence-electron chi connectivity index (χ2n) is 13.0. The Labute approximate surface area is 278 Å². The molecule has 0 aromatic rings.